The van der Waals surface area contributed by atoms with Gasteiger partial charge in [0.1, 0.15) is 5.82 Å². The fourth-order valence-corrected chi connectivity index (χ4v) is 3.73. The monoisotopic (exact) mass is 428 g/mol. The van der Waals surface area contributed by atoms with E-state index in [0.717, 1.165) is 32.4 Å². The Labute approximate surface area is 166 Å². The summed E-state index contributed by atoms with van der Waals surface area (Å²) in [6, 6.07) is 8.08. The van der Waals surface area contributed by atoms with Gasteiger partial charge in [-0.25, -0.2) is 4.98 Å². The first-order chi connectivity index (χ1) is 13.0. The Morgan fingerprint density at radius 2 is 2.04 bits per heavy atom. The highest BCUT2D eigenvalue weighted by atomic mass is 79.9. The van der Waals surface area contributed by atoms with Crippen LogP contribution in [0.5, 0.6) is 0 Å². The van der Waals surface area contributed by atoms with E-state index in [-0.39, 0.29) is 5.91 Å². The van der Waals surface area contributed by atoms with Crippen LogP contribution in [-0.2, 0) is 11.8 Å². The average Bonchev–Trinajstić information content (AvgIpc) is 3.07. The summed E-state index contributed by atoms with van der Waals surface area (Å²) >= 11 is 3.51. The summed E-state index contributed by atoms with van der Waals surface area (Å²) < 4.78 is 8.33. The van der Waals surface area contributed by atoms with Gasteiger partial charge in [0, 0.05) is 48.1 Å². The molecule has 1 N–H and O–H groups in total. The summed E-state index contributed by atoms with van der Waals surface area (Å²) in [7, 11) is 1.95. The fourth-order valence-electron chi connectivity index (χ4n) is 3.37. The topological polar surface area (TPSA) is 59.4 Å². The fraction of sp³-hybridized carbons (Fsp3) is 0.300. The van der Waals surface area contributed by atoms with E-state index in [4.69, 9.17) is 4.74 Å². The van der Waals surface area contributed by atoms with Crippen LogP contribution in [0.25, 0.3) is 10.9 Å². The number of nitrogens with one attached hydrogen (secondary N) is 1. The molecular weight excluding hydrogens is 408 g/mol. The van der Waals surface area contributed by atoms with Crippen LogP contribution < -0.4 is 5.32 Å². The van der Waals surface area contributed by atoms with E-state index in [9.17, 15) is 4.79 Å². The molecule has 0 bridgehead atoms. The lowest BCUT2D eigenvalue weighted by atomic mass is 10.1. The number of carbonyl (C=O) groups is 1. The first kappa shape index (κ1) is 18.0. The number of benzene rings is 1. The van der Waals surface area contributed by atoms with Crippen molar-refractivity contribution in [1.29, 1.82) is 0 Å². The number of hydrogen-bond acceptors (Lipinski definition) is 4. The molecule has 1 amide bonds. The Morgan fingerprint density at radius 1 is 1.26 bits per heavy atom. The highest BCUT2D eigenvalue weighted by Gasteiger charge is 2.23. The number of aryl methyl sites for hydroxylation is 2. The van der Waals surface area contributed by atoms with Crippen LogP contribution >= 0.6 is 15.9 Å². The molecular formula is C20H21BrN4O2. The Kier molecular flexibility index (Phi) is 4.88. The molecule has 0 aliphatic carbocycles. The number of anilines is 2. The lowest BCUT2D eigenvalue weighted by Crippen LogP contribution is -2.40. The second-order valence-electron chi connectivity index (χ2n) is 6.70. The van der Waals surface area contributed by atoms with Crippen molar-refractivity contribution >= 4 is 44.2 Å². The molecule has 0 saturated carbocycles. The van der Waals surface area contributed by atoms with E-state index in [2.05, 4.69) is 26.2 Å². The number of pyridine rings is 1. The van der Waals surface area contributed by atoms with Gasteiger partial charge in [0.25, 0.3) is 5.91 Å². The second kappa shape index (κ2) is 7.32. The minimum Gasteiger partial charge on any atom is -0.378 e. The highest BCUT2D eigenvalue weighted by Crippen LogP contribution is 2.30. The SMILES string of the molecule is Cc1ccc(Br)cc1Nc1ncc(C(=O)N2CCOCC2)c2c1ccn2C. The van der Waals surface area contributed by atoms with Crippen molar-refractivity contribution in [3.8, 4) is 0 Å². The smallest absolute Gasteiger partial charge is 0.257 e. The van der Waals surface area contributed by atoms with E-state index in [1.54, 1.807) is 6.20 Å². The van der Waals surface area contributed by atoms with Crippen molar-refractivity contribution in [1.82, 2.24) is 14.5 Å². The van der Waals surface area contributed by atoms with Gasteiger partial charge in [-0.2, -0.15) is 0 Å². The lowest BCUT2D eigenvalue weighted by molar-refractivity contribution is 0.0303. The van der Waals surface area contributed by atoms with Crippen molar-refractivity contribution in [2.75, 3.05) is 31.6 Å². The van der Waals surface area contributed by atoms with Gasteiger partial charge in [-0.3, -0.25) is 4.79 Å². The average molecular weight is 429 g/mol. The van der Waals surface area contributed by atoms with Crippen molar-refractivity contribution in [3.63, 3.8) is 0 Å². The van der Waals surface area contributed by atoms with Crippen molar-refractivity contribution in [2.45, 2.75) is 6.92 Å². The van der Waals surface area contributed by atoms with E-state index in [1.807, 2.05) is 53.9 Å². The van der Waals surface area contributed by atoms with Gasteiger partial charge in [-0.05, 0) is 30.7 Å². The minimum absolute atomic E-state index is 0.00258. The predicted octanol–water partition coefficient (Wildman–Crippen LogP) is 3.86. The van der Waals surface area contributed by atoms with Gasteiger partial charge in [-0.15, -0.1) is 0 Å². The van der Waals surface area contributed by atoms with Gasteiger partial charge in [-0.1, -0.05) is 22.0 Å². The van der Waals surface area contributed by atoms with Crippen LogP contribution in [-0.4, -0.2) is 46.7 Å². The van der Waals surface area contributed by atoms with E-state index in [0.29, 0.717) is 31.9 Å². The Hall–Kier alpha value is -2.38. The molecule has 7 heteroatoms. The number of rotatable bonds is 3. The molecule has 1 aliphatic rings. The molecule has 27 heavy (non-hydrogen) atoms. The normalized spacial score (nSPS) is 14.6. The summed E-state index contributed by atoms with van der Waals surface area (Å²) in [6.45, 7) is 4.44. The van der Waals surface area contributed by atoms with Crippen LogP contribution in [0.2, 0.25) is 0 Å². The first-order valence-electron chi connectivity index (χ1n) is 8.89. The number of fused-ring (bicyclic) bond motifs is 1. The van der Waals surface area contributed by atoms with Gasteiger partial charge < -0.3 is 19.5 Å². The molecule has 0 unspecified atom stereocenters. The quantitative estimate of drug-likeness (QED) is 0.687. The third-order valence-corrected chi connectivity index (χ3v) is 5.38. The highest BCUT2D eigenvalue weighted by molar-refractivity contribution is 9.10. The number of hydrogen-bond donors (Lipinski definition) is 1. The van der Waals surface area contributed by atoms with Crippen molar-refractivity contribution in [2.24, 2.45) is 7.05 Å². The van der Waals surface area contributed by atoms with Crippen LogP contribution in [0.3, 0.4) is 0 Å². The lowest BCUT2D eigenvalue weighted by Gasteiger charge is -2.27. The standard InChI is InChI=1S/C20H21BrN4O2/c1-13-3-4-14(21)11-17(13)23-19-15-5-6-24(2)18(15)16(12-22-19)20(26)25-7-9-27-10-8-25/h3-6,11-12H,7-10H2,1-2H3,(H,22,23). The molecule has 0 radical (unpaired) electrons. The van der Waals surface area contributed by atoms with Crippen LogP contribution in [0.4, 0.5) is 11.5 Å². The number of morpholine rings is 1. The molecule has 2 aromatic heterocycles. The molecule has 6 nitrogen and oxygen atoms in total. The maximum atomic E-state index is 13.0. The molecule has 0 atom stereocenters. The number of carbonyl (C=O) groups excluding carboxylic acids is 1. The number of halogens is 1. The Bertz CT molecular complexity index is 1010. The van der Waals surface area contributed by atoms with E-state index in [1.165, 1.54) is 0 Å². The second-order valence-corrected chi connectivity index (χ2v) is 7.61. The number of ether oxygens (including phenoxy) is 1. The molecule has 4 rings (SSSR count). The number of amides is 1. The van der Waals surface area contributed by atoms with Crippen LogP contribution in [0.15, 0.2) is 41.1 Å². The number of aromatic nitrogens is 2. The van der Waals surface area contributed by atoms with Gasteiger partial charge in [0.15, 0.2) is 0 Å². The molecule has 1 aliphatic heterocycles. The molecule has 1 fully saturated rings. The zero-order valence-electron chi connectivity index (χ0n) is 15.3. The summed E-state index contributed by atoms with van der Waals surface area (Å²) in [5.74, 6) is 0.744. The number of nitrogens with zero attached hydrogens (tertiary/aromatic N) is 3. The summed E-state index contributed by atoms with van der Waals surface area (Å²) in [4.78, 5) is 19.4. The molecule has 140 valence electrons. The van der Waals surface area contributed by atoms with E-state index >= 15 is 0 Å². The van der Waals surface area contributed by atoms with Crippen LogP contribution in [0.1, 0.15) is 15.9 Å². The molecule has 0 spiro atoms. The largest absolute Gasteiger partial charge is 0.378 e. The van der Waals surface area contributed by atoms with Crippen LogP contribution in [0, 0.1) is 6.92 Å². The third-order valence-electron chi connectivity index (χ3n) is 4.89. The molecule has 3 heterocycles. The summed E-state index contributed by atoms with van der Waals surface area (Å²) in [5.41, 5.74) is 3.61. The molecule has 3 aromatic rings. The predicted molar refractivity (Wildman–Crippen MR) is 110 cm³/mol. The zero-order chi connectivity index (χ0) is 19.0. The minimum atomic E-state index is 0.00258. The summed E-state index contributed by atoms with van der Waals surface area (Å²) in [6.07, 6.45) is 3.64. The Morgan fingerprint density at radius 3 is 2.81 bits per heavy atom. The molecule has 1 saturated heterocycles. The maximum Gasteiger partial charge on any atom is 0.257 e. The zero-order valence-corrected chi connectivity index (χ0v) is 16.9. The van der Waals surface area contributed by atoms with Gasteiger partial charge in [0.2, 0.25) is 0 Å². The van der Waals surface area contributed by atoms with Crippen molar-refractivity contribution in [3.05, 3.63) is 52.3 Å². The maximum absolute atomic E-state index is 13.0. The summed E-state index contributed by atoms with van der Waals surface area (Å²) in [5, 5.41) is 4.34. The molecule has 1 aromatic carbocycles. The first-order valence-corrected chi connectivity index (χ1v) is 9.68. The van der Waals surface area contributed by atoms with Crippen molar-refractivity contribution < 1.29 is 9.53 Å². The third kappa shape index (κ3) is 3.44. The Balaban J connectivity index is 1.74. The van der Waals surface area contributed by atoms with Gasteiger partial charge >= 0.3 is 0 Å². The van der Waals surface area contributed by atoms with E-state index < -0.39 is 0 Å². The van der Waals surface area contributed by atoms with Gasteiger partial charge in [0.05, 0.1) is 24.3 Å².